The Hall–Kier alpha value is -3.92. The van der Waals surface area contributed by atoms with E-state index in [0.29, 0.717) is 47.7 Å². The third kappa shape index (κ3) is 4.28. The minimum Gasteiger partial charge on any atom is -0.497 e. The Bertz CT molecular complexity index is 1560. The second-order valence-corrected chi connectivity index (χ2v) is 9.62. The van der Waals surface area contributed by atoms with Crippen molar-refractivity contribution in [3.05, 3.63) is 71.2 Å². The van der Waals surface area contributed by atoms with Crippen LogP contribution in [-0.2, 0) is 31.0 Å². The van der Waals surface area contributed by atoms with E-state index in [9.17, 15) is 18.0 Å². The van der Waals surface area contributed by atoms with Crippen LogP contribution < -0.4 is 9.64 Å². The molecule has 0 saturated heterocycles. The Kier molecular flexibility index (Phi) is 5.86. The normalized spacial score (nSPS) is 15.7. The number of carbonyl (C=O) groups excluding carboxylic acids is 1. The number of benzene rings is 2. The van der Waals surface area contributed by atoms with Gasteiger partial charge in [0.1, 0.15) is 5.75 Å². The molecule has 0 atom stereocenters. The lowest BCUT2D eigenvalue weighted by atomic mass is 9.90. The van der Waals surface area contributed by atoms with Crippen molar-refractivity contribution in [1.29, 1.82) is 0 Å². The molecule has 7 nitrogen and oxygen atoms in total. The third-order valence-corrected chi connectivity index (χ3v) is 7.02. The number of methoxy groups -OCH3 is 1. The van der Waals surface area contributed by atoms with Crippen molar-refractivity contribution < 1.29 is 27.4 Å². The molecule has 1 amide bonds. The van der Waals surface area contributed by atoms with Gasteiger partial charge in [-0.15, -0.1) is 0 Å². The van der Waals surface area contributed by atoms with Crippen LogP contribution in [-0.4, -0.2) is 40.4 Å². The number of fused-ring (bicyclic) bond motifs is 2. The van der Waals surface area contributed by atoms with Crippen molar-refractivity contribution >= 4 is 22.5 Å². The highest BCUT2D eigenvalue weighted by Crippen LogP contribution is 2.40. The second kappa shape index (κ2) is 9.13. The molecule has 4 aromatic rings. The van der Waals surface area contributed by atoms with Gasteiger partial charge in [0.15, 0.2) is 5.69 Å². The van der Waals surface area contributed by atoms with Crippen LogP contribution >= 0.6 is 0 Å². The average molecular weight is 523 g/mol. The number of nitrogens with zero attached hydrogens (tertiary/aromatic N) is 4. The molecule has 0 bridgehead atoms. The first-order valence-electron chi connectivity index (χ1n) is 12.4. The molecule has 196 valence electrons. The van der Waals surface area contributed by atoms with Crippen molar-refractivity contribution in [3.63, 3.8) is 0 Å². The second-order valence-electron chi connectivity index (χ2n) is 9.62. The summed E-state index contributed by atoms with van der Waals surface area (Å²) >= 11 is 0. The first-order valence-corrected chi connectivity index (χ1v) is 12.4. The highest BCUT2D eigenvalue weighted by Gasteiger charge is 2.39. The molecule has 6 rings (SSSR count). The summed E-state index contributed by atoms with van der Waals surface area (Å²) in [6, 6.07) is 10.4. The predicted octanol–water partition coefficient (Wildman–Crippen LogP) is 5.54. The van der Waals surface area contributed by atoms with Gasteiger partial charge in [0.2, 0.25) is 0 Å². The minimum absolute atomic E-state index is 0.0301. The van der Waals surface area contributed by atoms with E-state index < -0.39 is 11.9 Å². The Morgan fingerprint density at radius 3 is 2.63 bits per heavy atom. The van der Waals surface area contributed by atoms with E-state index in [4.69, 9.17) is 9.47 Å². The summed E-state index contributed by atoms with van der Waals surface area (Å²) in [7, 11) is 3.04. The molecule has 1 saturated carbocycles. The number of aromatic nitrogens is 3. The van der Waals surface area contributed by atoms with Gasteiger partial charge in [-0.3, -0.25) is 14.5 Å². The summed E-state index contributed by atoms with van der Waals surface area (Å²) in [5.74, 6) is 0.348. The van der Waals surface area contributed by atoms with Crippen LogP contribution in [0.15, 0.2) is 48.8 Å². The van der Waals surface area contributed by atoms with Crippen LogP contribution in [0.1, 0.15) is 40.0 Å². The smallest absolute Gasteiger partial charge is 0.435 e. The number of hydrogen-bond acceptors (Lipinski definition) is 5. The van der Waals surface area contributed by atoms with E-state index in [2.05, 4.69) is 10.1 Å². The average Bonchev–Trinajstić information content (AvgIpc) is 3.65. The molecule has 2 aromatic heterocycles. The van der Waals surface area contributed by atoms with Gasteiger partial charge in [0.25, 0.3) is 5.91 Å². The SMILES string of the molecule is COc1cc(COC2CC2)c2nccc(N3CCc4c(cccc4-c4cn(C)nc4C(F)(F)F)C3=O)c2c1. The zero-order valence-corrected chi connectivity index (χ0v) is 20.9. The molecule has 3 heterocycles. The largest absolute Gasteiger partial charge is 0.497 e. The summed E-state index contributed by atoms with van der Waals surface area (Å²) in [6.07, 6.45) is 1.15. The van der Waals surface area contributed by atoms with Crippen molar-refractivity contribution in [3.8, 4) is 16.9 Å². The number of ether oxygens (including phenoxy) is 2. The van der Waals surface area contributed by atoms with Crippen LogP contribution in [0.3, 0.4) is 0 Å². The number of anilines is 1. The van der Waals surface area contributed by atoms with Crippen LogP contribution in [0.5, 0.6) is 5.75 Å². The van der Waals surface area contributed by atoms with E-state index in [1.165, 1.54) is 13.2 Å². The molecular formula is C28H25F3N4O3. The maximum Gasteiger partial charge on any atom is 0.435 e. The summed E-state index contributed by atoms with van der Waals surface area (Å²) in [5, 5.41) is 4.40. The monoisotopic (exact) mass is 522 g/mol. The van der Waals surface area contributed by atoms with E-state index in [1.807, 2.05) is 12.1 Å². The maximum absolute atomic E-state index is 13.8. The number of hydrogen-bond donors (Lipinski definition) is 0. The number of aryl methyl sites for hydroxylation is 1. The van der Waals surface area contributed by atoms with Gasteiger partial charge in [-0.2, -0.15) is 18.3 Å². The summed E-state index contributed by atoms with van der Waals surface area (Å²) in [5.41, 5.74) is 2.60. The van der Waals surface area contributed by atoms with Gasteiger partial charge >= 0.3 is 6.18 Å². The van der Waals surface area contributed by atoms with E-state index >= 15 is 0 Å². The molecule has 2 aromatic carbocycles. The van der Waals surface area contributed by atoms with E-state index in [1.54, 1.807) is 42.5 Å². The molecule has 1 aliphatic heterocycles. The molecule has 10 heteroatoms. The third-order valence-electron chi connectivity index (χ3n) is 7.02. The number of rotatable bonds is 6. The quantitative estimate of drug-likeness (QED) is 0.332. The van der Waals surface area contributed by atoms with E-state index in [0.717, 1.165) is 34.0 Å². The van der Waals surface area contributed by atoms with E-state index in [-0.39, 0.29) is 17.6 Å². The topological polar surface area (TPSA) is 69.5 Å². The molecule has 0 unspecified atom stereocenters. The van der Waals surface area contributed by atoms with Crippen molar-refractivity contribution in [2.24, 2.45) is 7.05 Å². The van der Waals surface area contributed by atoms with Gasteiger partial charge < -0.3 is 14.4 Å². The van der Waals surface area contributed by atoms with Crippen LogP contribution in [0, 0.1) is 0 Å². The lowest BCUT2D eigenvalue weighted by Crippen LogP contribution is -2.38. The molecule has 38 heavy (non-hydrogen) atoms. The Morgan fingerprint density at radius 2 is 1.89 bits per heavy atom. The lowest BCUT2D eigenvalue weighted by molar-refractivity contribution is -0.140. The Balaban J connectivity index is 1.42. The molecule has 1 fully saturated rings. The van der Waals surface area contributed by atoms with Gasteiger partial charge in [0.05, 0.1) is 31.0 Å². The van der Waals surface area contributed by atoms with Gasteiger partial charge in [-0.25, -0.2) is 0 Å². The predicted molar refractivity (Wildman–Crippen MR) is 135 cm³/mol. The lowest BCUT2D eigenvalue weighted by Gasteiger charge is -2.31. The maximum atomic E-state index is 13.8. The van der Waals surface area contributed by atoms with Crippen molar-refractivity contribution in [1.82, 2.24) is 14.8 Å². The number of halogens is 3. The van der Waals surface area contributed by atoms with Crippen LogP contribution in [0.25, 0.3) is 22.0 Å². The van der Waals surface area contributed by atoms with Crippen LogP contribution in [0.2, 0.25) is 0 Å². The fraction of sp³-hybridized carbons (Fsp3) is 0.321. The fourth-order valence-corrected chi connectivity index (χ4v) is 5.10. The fourth-order valence-electron chi connectivity index (χ4n) is 5.10. The Labute approximate surface area is 216 Å². The molecule has 2 aliphatic rings. The van der Waals surface area contributed by atoms with Crippen molar-refractivity contribution in [2.45, 2.75) is 38.1 Å². The summed E-state index contributed by atoms with van der Waals surface area (Å²) in [6.45, 7) is 0.691. The first kappa shape index (κ1) is 24.4. The molecule has 0 spiro atoms. The first-order chi connectivity index (χ1) is 18.2. The molecule has 0 N–H and O–H groups in total. The highest BCUT2D eigenvalue weighted by atomic mass is 19.4. The molecular weight excluding hydrogens is 497 g/mol. The number of alkyl halides is 3. The van der Waals surface area contributed by atoms with Gasteiger partial charge in [-0.1, -0.05) is 12.1 Å². The standard InChI is InChI=1S/C28H25F3N4O3/c1-34-14-23(26(33-34)28(29,30)31)19-4-3-5-21-20(19)9-11-35(27(21)36)24-8-10-32-25-16(15-38-17-6-7-17)12-18(37-2)13-22(24)25/h3-5,8,10,12-14,17H,6-7,9,11,15H2,1-2H3. The van der Waals surface area contributed by atoms with Gasteiger partial charge in [0, 0.05) is 48.1 Å². The number of pyridine rings is 1. The van der Waals surface area contributed by atoms with Crippen molar-refractivity contribution in [2.75, 3.05) is 18.6 Å². The summed E-state index contributed by atoms with van der Waals surface area (Å²) in [4.78, 5) is 20.0. The zero-order chi connectivity index (χ0) is 26.6. The number of amides is 1. The van der Waals surface area contributed by atoms with Gasteiger partial charge in [-0.05, 0) is 54.7 Å². The molecule has 1 aliphatic carbocycles. The molecule has 0 radical (unpaired) electrons. The number of carbonyl (C=O) groups is 1. The Morgan fingerprint density at radius 1 is 1.11 bits per heavy atom. The minimum atomic E-state index is -4.61. The highest BCUT2D eigenvalue weighted by molar-refractivity contribution is 6.13. The zero-order valence-electron chi connectivity index (χ0n) is 20.9. The van der Waals surface area contributed by atoms with Crippen LogP contribution in [0.4, 0.5) is 18.9 Å². The summed E-state index contributed by atoms with van der Waals surface area (Å²) < 4.78 is 53.7.